The molecule has 134 valence electrons. The Kier molecular flexibility index (Phi) is 13.2. The highest BCUT2D eigenvalue weighted by atomic mass is 35.5. The Balaban J connectivity index is 0. The quantitative estimate of drug-likeness (QED) is 0.304. The molecular formula is C16H36ClN3O2. The summed E-state index contributed by atoms with van der Waals surface area (Å²) < 4.78 is 0. The van der Waals surface area contributed by atoms with Crippen molar-refractivity contribution in [2.45, 2.75) is 95.7 Å². The minimum atomic E-state index is -1.55. The van der Waals surface area contributed by atoms with Gasteiger partial charge in [0.15, 0.2) is 0 Å². The zero-order chi connectivity index (χ0) is 16.4. The summed E-state index contributed by atoms with van der Waals surface area (Å²) in [6.07, 6.45) is 12.3. The normalized spacial score (nSPS) is 14.2. The van der Waals surface area contributed by atoms with Gasteiger partial charge in [-0.25, -0.2) is 0 Å². The third-order valence-electron chi connectivity index (χ3n) is 4.27. The molecule has 0 aromatic heterocycles. The molecule has 0 spiro atoms. The summed E-state index contributed by atoms with van der Waals surface area (Å²) in [6.45, 7) is 3.69. The van der Waals surface area contributed by atoms with Crippen molar-refractivity contribution in [3.05, 3.63) is 0 Å². The van der Waals surface area contributed by atoms with Crippen LogP contribution in [0.25, 0.3) is 0 Å². The molecule has 0 saturated carbocycles. The SMILES string of the molecule is CCCCCCCCCCCCC(N)(C(=O)O)C(C)(N)N.Cl. The lowest BCUT2D eigenvalue weighted by atomic mass is 9.82. The van der Waals surface area contributed by atoms with Crippen molar-refractivity contribution < 1.29 is 9.90 Å². The Morgan fingerprint density at radius 3 is 1.55 bits per heavy atom. The van der Waals surface area contributed by atoms with E-state index in [-0.39, 0.29) is 12.4 Å². The van der Waals surface area contributed by atoms with Crippen molar-refractivity contribution in [3.63, 3.8) is 0 Å². The molecule has 0 amide bonds. The zero-order valence-electron chi connectivity index (χ0n) is 14.3. The van der Waals surface area contributed by atoms with Gasteiger partial charge in [-0.3, -0.25) is 4.79 Å². The Labute approximate surface area is 141 Å². The predicted molar refractivity (Wildman–Crippen MR) is 95.0 cm³/mol. The van der Waals surface area contributed by atoms with Crippen molar-refractivity contribution in [2.24, 2.45) is 17.2 Å². The van der Waals surface area contributed by atoms with Crippen LogP contribution in [0.5, 0.6) is 0 Å². The van der Waals surface area contributed by atoms with Gasteiger partial charge in [-0.15, -0.1) is 12.4 Å². The smallest absolute Gasteiger partial charge is 0.327 e. The van der Waals surface area contributed by atoms with Crippen LogP contribution in [0.2, 0.25) is 0 Å². The van der Waals surface area contributed by atoms with Crippen molar-refractivity contribution in [3.8, 4) is 0 Å². The van der Waals surface area contributed by atoms with E-state index in [9.17, 15) is 9.90 Å². The van der Waals surface area contributed by atoms with Crippen molar-refractivity contribution in [1.82, 2.24) is 0 Å². The first-order valence-electron chi connectivity index (χ1n) is 8.35. The molecule has 0 bridgehead atoms. The maximum Gasteiger partial charge on any atom is 0.327 e. The van der Waals surface area contributed by atoms with Crippen LogP contribution in [-0.2, 0) is 4.79 Å². The average molecular weight is 338 g/mol. The van der Waals surface area contributed by atoms with Crippen LogP contribution in [0.1, 0.15) is 84.5 Å². The van der Waals surface area contributed by atoms with Gasteiger partial charge < -0.3 is 22.3 Å². The minimum Gasteiger partial charge on any atom is -0.480 e. The van der Waals surface area contributed by atoms with Gasteiger partial charge in [0, 0.05) is 0 Å². The molecule has 0 radical (unpaired) electrons. The first-order chi connectivity index (χ1) is 9.75. The van der Waals surface area contributed by atoms with Gasteiger partial charge in [0.05, 0.1) is 5.66 Å². The van der Waals surface area contributed by atoms with E-state index in [1.807, 2.05) is 0 Å². The standard InChI is InChI=1S/C16H35N3O2.ClH/c1-3-4-5-6-7-8-9-10-11-12-13-16(19,14(20)21)15(2,17)18;/h3-13,17-19H2,1-2H3,(H,20,21);1H. The van der Waals surface area contributed by atoms with Gasteiger partial charge in [-0.2, -0.15) is 0 Å². The Morgan fingerprint density at radius 1 is 0.864 bits per heavy atom. The van der Waals surface area contributed by atoms with Gasteiger partial charge in [-0.1, -0.05) is 71.1 Å². The van der Waals surface area contributed by atoms with E-state index in [1.165, 1.54) is 51.9 Å². The largest absolute Gasteiger partial charge is 0.480 e. The molecular weight excluding hydrogens is 302 g/mol. The zero-order valence-corrected chi connectivity index (χ0v) is 15.1. The molecule has 0 rings (SSSR count). The second-order valence-electron chi connectivity index (χ2n) is 6.49. The van der Waals surface area contributed by atoms with Crippen LogP contribution in [0.15, 0.2) is 0 Å². The van der Waals surface area contributed by atoms with Crippen LogP contribution in [-0.4, -0.2) is 22.3 Å². The average Bonchev–Trinajstić information content (AvgIpc) is 2.39. The third kappa shape index (κ3) is 8.93. The molecule has 0 aromatic carbocycles. The lowest BCUT2D eigenvalue weighted by Crippen LogP contribution is -2.73. The lowest BCUT2D eigenvalue weighted by Gasteiger charge is -2.37. The van der Waals surface area contributed by atoms with E-state index < -0.39 is 17.2 Å². The number of carboxylic acids is 1. The molecule has 0 aliphatic carbocycles. The van der Waals surface area contributed by atoms with E-state index in [4.69, 9.17) is 17.2 Å². The lowest BCUT2D eigenvalue weighted by molar-refractivity contribution is -0.146. The summed E-state index contributed by atoms with van der Waals surface area (Å²) in [5.74, 6) is -1.12. The predicted octanol–water partition coefficient (Wildman–Crippen LogP) is 3.13. The molecule has 0 heterocycles. The van der Waals surface area contributed by atoms with Crippen LogP contribution >= 0.6 is 12.4 Å². The number of carbonyl (C=O) groups is 1. The first kappa shape index (κ1) is 23.9. The van der Waals surface area contributed by atoms with Crippen molar-refractivity contribution in [1.29, 1.82) is 0 Å². The van der Waals surface area contributed by atoms with Gasteiger partial charge in [0.1, 0.15) is 5.54 Å². The molecule has 0 fully saturated rings. The number of unbranched alkanes of at least 4 members (excludes halogenated alkanes) is 9. The fraction of sp³-hybridized carbons (Fsp3) is 0.938. The Bertz CT molecular complexity index is 296. The van der Waals surface area contributed by atoms with Gasteiger partial charge in [0.25, 0.3) is 0 Å². The summed E-state index contributed by atoms with van der Waals surface area (Å²) in [7, 11) is 0. The highest BCUT2D eigenvalue weighted by Gasteiger charge is 2.46. The Morgan fingerprint density at radius 2 is 1.23 bits per heavy atom. The summed E-state index contributed by atoms with van der Waals surface area (Å²) in [5.41, 5.74) is 14.3. The third-order valence-corrected chi connectivity index (χ3v) is 4.27. The Hall–Kier alpha value is -0.360. The fourth-order valence-corrected chi connectivity index (χ4v) is 2.50. The molecule has 0 saturated heterocycles. The van der Waals surface area contributed by atoms with Crippen LogP contribution in [0, 0.1) is 0 Å². The second kappa shape index (κ2) is 12.1. The molecule has 22 heavy (non-hydrogen) atoms. The number of halogens is 1. The topological polar surface area (TPSA) is 115 Å². The number of nitrogens with two attached hydrogens (primary N) is 3. The fourth-order valence-electron chi connectivity index (χ4n) is 2.50. The summed E-state index contributed by atoms with van der Waals surface area (Å²) in [6, 6.07) is 0. The number of aliphatic carboxylic acids is 1. The molecule has 1 unspecified atom stereocenters. The number of carboxylic acid groups (broad SMARTS) is 1. The van der Waals surface area contributed by atoms with E-state index in [2.05, 4.69) is 6.92 Å². The summed E-state index contributed by atoms with van der Waals surface area (Å²) in [4.78, 5) is 11.3. The van der Waals surface area contributed by atoms with E-state index in [1.54, 1.807) is 0 Å². The van der Waals surface area contributed by atoms with Crippen LogP contribution in [0.3, 0.4) is 0 Å². The monoisotopic (exact) mass is 337 g/mol. The molecule has 0 aliphatic rings. The van der Waals surface area contributed by atoms with Gasteiger partial charge in [-0.05, 0) is 13.3 Å². The maximum atomic E-state index is 11.3. The first-order valence-corrected chi connectivity index (χ1v) is 8.35. The minimum absolute atomic E-state index is 0. The molecule has 1 atom stereocenters. The molecule has 6 heteroatoms. The number of rotatable bonds is 13. The summed E-state index contributed by atoms with van der Waals surface area (Å²) >= 11 is 0. The molecule has 0 aromatic rings. The number of hydrogen-bond donors (Lipinski definition) is 4. The summed E-state index contributed by atoms with van der Waals surface area (Å²) in [5, 5.41) is 9.23. The van der Waals surface area contributed by atoms with E-state index >= 15 is 0 Å². The van der Waals surface area contributed by atoms with Crippen molar-refractivity contribution >= 4 is 18.4 Å². The molecule has 7 N–H and O–H groups in total. The molecule has 0 aliphatic heterocycles. The van der Waals surface area contributed by atoms with Gasteiger partial charge in [0.2, 0.25) is 0 Å². The molecule has 5 nitrogen and oxygen atoms in total. The number of hydrogen-bond acceptors (Lipinski definition) is 4. The maximum absolute atomic E-state index is 11.3. The highest BCUT2D eigenvalue weighted by molar-refractivity contribution is 5.85. The van der Waals surface area contributed by atoms with Gasteiger partial charge >= 0.3 is 5.97 Å². The second-order valence-corrected chi connectivity index (χ2v) is 6.49. The van der Waals surface area contributed by atoms with E-state index in [0.717, 1.165) is 19.3 Å². The van der Waals surface area contributed by atoms with E-state index in [0.29, 0.717) is 6.42 Å². The van der Waals surface area contributed by atoms with Crippen LogP contribution in [0.4, 0.5) is 0 Å². The van der Waals surface area contributed by atoms with Crippen molar-refractivity contribution in [2.75, 3.05) is 0 Å². The highest BCUT2D eigenvalue weighted by Crippen LogP contribution is 2.21. The van der Waals surface area contributed by atoms with Crippen LogP contribution < -0.4 is 17.2 Å².